The largest absolute Gasteiger partial charge is 0.338 e. The number of rotatable bonds is 5. The molecule has 1 aliphatic carbocycles. The van der Waals surface area contributed by atoms with Crippen molar-refractivity contribution in [3.05, 3.63) is 0 Å². The van der Waals surface area contributed by atoms with Crippen LogP contribution in [0.3, 0.4) is 0 Å². The first-order chi connectivity index (χ1) is 8.85. The molecule has 1 amide bonds. The van der Waals surface area contributed by atoms with Gasteiger partial charge < -0.3 is 10.6 Å². The average molecular weight is 288 g/mol. The number of likely N-dealkylation sites (tertiary alicyclic amines) is 1. The molecule has 0 aromatic heterocycles. The van der Waals surface area contributed by atoms with Gasteiger partial charge in [0.05, 0.1) is 5.75 Å². The summed E-state index contributed by atoms with van der Waals surface area (Å²) in [4.78, 5) is 14.3. The molecule has 6 heteroatoms. The SMILES string of the molecule is CS(=O)(=O)CC1(CC(=O)N2CCCCC2CN)CC1. The molecule has 0 aromatic carbocycles. The van der Waals surface area contributed by atoms with E-state index in [-0.39, 0.29) is 23.1 Å². The zero-order valence-corrected chi connectivity index (χ0v) is 12.4. The number of nitrogens with zero attached hydrogens (tertiary/aromatic N) is 1. The van der Waals surface area contributed by atoms with Crippen LogP contribution in [-0.4, -0.2) is 50.4 Å². The fourth-order valence-electron chi connectivity index (χ4n) is 3.10. The highest BCUT2D eigenvalue weighted by molar-refractivity contribution is 7.90. The maximum absolute atomic E-state index is 12.4. The van der Waals surface area contributed by atoms with E-state index >= 15 is 0 Å². The maximum Gasteiger partial charge on any atom is 0.223 e. The van der Waals surface area contributed by atoms with Crippen molar-refractivity contribution >= 4 is 15.7 Å². The molecule has 2 aliphatic rings. The van der Waals surface area contributed by atoms with E-state index in [4.69, 9.17) is 5.73 Å². The second kappa shape index (κ2) is 5.40. The quantitative estimate of drug-likeness (QED) is 0.800. The Morgan fingerprint density at radius 3 is 2.58 bits per heavy atom. The van der Waals surface area contributed by atoms with Crippen molar-refractivity contribution in [2.24, 2.45) is 11.1 Å². The Bertz CT molecular complexity index is 443. The topological polar surface area (TPSA) is 80.5 Å². The van der Waals surface area contributed by atoms with E-state index in [9.17, 15) is 13.2 Å². The number of piperidine rings is 1. The highest BCUT2D eigenvalue weighted by atomic mass is 32.2. The molecule has 0 aromatic rings. The molecule has 2 N–H and O–H groups in total. The molecule has 1 heterocycles. The van der Waals surface area contributed by atoms with Crippen LogP contribution in [0.4, 0.5) is 0 Å². The van der Waals surface area contributed by atoms with Crippen LogP contribution in [0.1, 0.15) is 38.5 Å². The summed E-state index contributed by atoms with van der Waals surface area (Å²) in [6.45, 7) is 1.28. The fourth-order valence-corrected chi connectivity index (χ4v) is 4.60. The first-order valence-corrected chi connectivity index (χ1v) is 9.09. The third-order valence-electron chi connectivity index (χ3n) is 4.27. The van der Waals surface area contributed by atoms with E-state index in [1.54, 1.807) is 0 Å². The van der Waals surface area contributed by atoms with E-state index in [2.05, 4.69) is 0 Å². The molecule has 1 unspecified atom stereocenters. The molecule has 2 fully saturated rings. The Hall–Kier alpha value is -0.620. The van der Waals surface area contributed by atoms with Crippen molar-refractivity contribution < 1.29 is 13.2 Å². The van der Waals surface area contributed by atoms with Gasteiger partial charge in [-0.2, -0.15) is 0 Å². The number of hydrogen-bond donors (Lipinski definition) is 1. The predicted molar refractivity (Wildman–Crippen MR) is 74.4 cm³/mol. The number of carbonyl (C=O) groups is 1. The molecule has 1 saturated heterocycles. The standard InChI is InChI=1S/C13H24N2O3S/c1-19(17,18)10-13(5-6-13)8-12(16)15-7-3-2-4-11(15)9-14/h11H,2-10,14H2,1H3. The minimum atomic E-state index is -3.01. The molecular weight excluding hydrogens is 264 g/mol. The molecule has 5 nitrogen and oxygen atoms in total. The summed E-state index contributed by atoms with van der Waals surface area (Å²) in [5.41, 5.74) is 5.45. The summed E-state index contributed by atoms with van der Waals surface area (Å²) in [6, 6.07) is 0.148. The number of amides is 1. The van der Waals surface area contributed by atoms with E-state index in [1.807, 2.05) is 4.90 Å². The van der Waals surface area contributed by atoms with Crippen LogP contribution in [-0.2, 0) is 14.6 Å². The Morgan fingerprint density at radius 2 is 2.05 bits per heavy atom. The van der Waals surface area contributed by atoms with Crippen molar-refractivity contribution in [2.45, 2.75) is 44.6 Å². The summed E-state index contributed by atoms with van der Waals surface area (Å²) in [7, 11) is -3.01. The average Bonchev–Trinajstić information content (AvgIpc) is 3.05. The lowest BCUT2D eigenvalue weighted by Crippen LogP contribution is -2.48. The molecule has 0 spiro atoms. The lowest BCUT2D eigenvalue weighted by atomic mass is 9.98. The number of hydrogen-bond acceptors (Lipinski definition) is 4. The molecular formula is C13H24N2O3S. The second-order valence-corrected chi connectivity index (χ2v) is 8.36. The third-order valence-corrected chi connectivity index (χ3v) is 5.41. The minimum absolute atomic E-state index is 0.0938. The molecule has 19 heavy (non-hydrogen) atoms. The van der Waals surface area contributed by atoms with E-state index in [0.29, 0.717) is 13.0 Å². The monoisotopic (exact) mass is 288 g/mol. The number of carbonyl (C=O) groups excluding carboxylic acids is 1. The minimum Gasteiger partial charge on any atom is -0.338 e. The normalized spacial score (nSPS) is 26.2. The Balaban J connectivity index is 1.97. The van der Waals surface area contributed by atoms with Crippen molar-refractivity contribution in [2.75, 3.05) is 25.1 Å². The Morgan fingerprint density at radius 1 is 1.37 bits per heavy atom. The summed E-state index contributed by atoms with van der Waals surface area (Å²) < 4.78 is 22.8. The van der Waals surface area contributed by atoms with Gasteiger partial charge in [-0.05, 0) is 37.5 Å². The third kappa shape index (κ3) is 3.92. The van der Waals surface area contributed by atoms with Gasteiger partial charge in [-0.15, -0.1) is 0 Å². The Kier molecular flexibility index (Phi) is 4.20. The summed E-state index contributed by atoms with van der Waals surface area (Å²) in [5, 5.41) is 0. The van der Waals surface area contributed by atoms with Crippen molar-refractivity contribution in [3.63, 3.8) is 0 Å². The molecule has 1 aliphatic heterocycles. The first kappa shape index (κ1) is 14.8. The lowest BCUT2D eigenvalue weighted by Gasteiger charge is -2.36. The van der Waals surface area contributed by atoms with Crippen molar-refractivity contribution in [3.8, 4) is 0 Å². The first-order valence-electron chi connectivity index (χ1n) is 7.02. The molecule has 1 saturated carbocycles. The van der Waals surface area contributed by atoms with Gasteiger partial charge in [-0.3, -0.25) is 4.79 Å². The van der Waals surface area contributed by atoms with E-state index < -0.39 is 9.84 Å². The van der Waals surface area contributed by atoms with Crippen LogP contribution in [0.25, 0.3) is 0 Å². The predicted octanol–water partition coefficient (Wildman–Crippen LogP) is 0.541. The highest BCUT2D eigenvalue weighted by Crippen LogP contribution is 2.50. The highest BCUT2D eigenvalue weighted by Gasteiger charge is 2.47. The van der Waals surface area contributed by atoms with Crippen molar-refractivity contribution in [1.29, 1.82) is 0 Å². The van der Waals surface area contributed by atoms with Gasteiger partial charge in [0.25, 0.3) is 0 Å². The molecule has 0 radical (unpaired) electrons. The van der Waals surface area contributed by atoms with Gasteiger partial charge in [-0.25, -0.2) is 8.42 Å². The molecule has 110 valence electrons. The fraction of sp³-hybridized carbons (Fsp3) is 0.923. The van der Waals surface area contributed by atoms with E-state index in [0.717, 1.165) is 38.6 Å². The van der Waals surface area contributed by atoms with Crippen LogP contribution in [0.15, 0.2) is 0 Å². The van der Waals surface area contributed by atoms with Gasteiger partial charge in [0.2, 0.25) is 5.91 Å². The Labute approximate surface area is 115 Å². The molecule has 1 atom stereocenters. The van der Waals surface area contributed by atoms with Gasteiger partial charge in [-0.1, -0.05) is 0 Å². The molecule has 0 bridgehead atoms. The van der Waals surface area contributed by atoms with Crippen LogP contribution < -0.4 is 5.73 Å². The molecule has 2 rings (SSSR count). The summed E-state index contributed by atoms with van der Waals surface area (Å²) in [6.07, 6.45) is 6.46. The van der Waals surface area contributed by atoms with Gasteiger partial charge >= 0.3 is 0 Å². The van der Waals surface area contributed by atoms with Gasteiger partial charge in [0.1, 0.15) is 9.84 Å². The number of sulfone groups is 1. The van der Waals surface area contributed by atoms with E-state index in [1.165, 1.54) is 6.26 Å². The summed E-state index contributed by atoms with van der Waals surface area (Å²) in [5.74, 6) is 0.240. The summed E-state index contributed by atoms with van der Waals surface area (Å²) >= 11 is 0. The van der Waals surface area contributed by atoms with Crippen LogP contribution in [0.5, 0.6) is 0 Å². The zero-order valence-electron chi connectivity index (χ0n) is 11.6. The zero-order chi connectivity index (χ0) is 14.1. The van der Waals surface area contributed by atoms with Gasteiger partial charge in [0, 0.05) is 31.8 Å². The number of nitrogens with two attached hydrogens (primary N) is 1. The van der Waals surface area contributed by atoms with Crippen LogP contribution >= 0.6 is 0 Å². The van der Waals surface area contributed by atoms with Crippen LogP contribution in [0.2, 0.25) is 0 Å². The van der Waals surface area contributed by atoms with Crippen molar-refractivity contribution in [1.82, 2.24) is 4.90 Å². The van der Waals surface area contributed by atoms with Crippen LogP contribution in [0, 0.1) is 5.41 Å². The second-order valence-electron chi connectivity index (χ2n) is 6.22. The maximum atomic E-state index is 12.4. The van der Waals surface area contributed by atoms with Gasteiger partial charge in [0.15, 0.2) is 0 Å². The lowest BCUT2D eigenvalue weighted by molar-refractivity contribution is -0.135. The smallest absolute Gasteiger partial charge is 0.223 e.